The molecule has 3 N–H and O–H groups in total. The average molecular weight is 331 g/mol. The lowest BCUT2D eigenvalue weighted by Gasteiger charge is -2.58. The van der Waals surface area contributed by atoms with Crippen LogP contribution in [0.2, 0.25) is 0 Å². The number of allylic oxidation sites excluding steroid dienone is 1. The molecule has 0 saturated heterocycles. The molecule has 0 aliphatic heterocycles. The number of aliphatic hydroxyl groups is 1. The molecule has 3 saturated carbocycles. The molecule has 0 aromatic rings. The van der Waals surface area contributed by atoms with Crippen LogP contribution >= 0.6 is 0 Å². The number of hydrogen-bond donors (Lipinski definition) is 2. The number of carbonyl (C=O) groups excluding carboxylic acids is 2. The van der Waals surface area contributed by atoms with Crippen LogP contribution in [0.5, 0.6) is 0 Å². The monoisotopic (exact) mass is 331 g/mol. The third kappa shape index (κ3) is 2.01. The molecule has 0 aromatic heterocycles. The fourth-order valence-electron chi connectivity index (χ4n) is 6.86. The van der Waals surface area contributed by atoms with E-state index >= 15 is 0 Å². The number of amides is 1. The molecule has 4 rings (SSSR count). The molecule has 1 unspecified atom stereocenters. The van der Waals surface area contributed by atoms with Gasteiger partial charge < -0.3 is 10.8 Å². The van der Waals surface area contributed by atoms with Crippen molar-refractivity contribution in [3.63, 3.8) is 0 Å². The molecule has 7 atom stereocenters. The maximum atomic E-state index is 12.3. The van der Waals surface area contributed by atoms with Crippen LogP contribution in [0.25, 0.3) is 0 Å². The number of ketones is 1. The quantitative estimate of drug-likeness (QED) is 0.725. The molecule has 0 aromatic carbocycles. The van der Waals surface area contributed by atoms with E-state index in [1.807, 2.05) is 0 Å². The minimum Gasteiger partial charge on any atom is -0.393 e. The lowest BCUT2D eigenvalue weighted by molar-refractivity contribution is -0.134. The highest BCUT2D eigenvalue weighted by Gasteiger charge is 2.59. The van der Waals surface area contributed by atoms with Crippen molar-refractivity contribution in [2.45, 2.75) is 64.9 Å². The fraction of sp³-hybridized carbons (Fsp3) is 0.800. The fourth-order valence-corrected chi connectivity index (χ4v) is 6.86. The van der Waals surface area contributed by atoms with E-state index in [2.05, 4.69) is 13.8 Å². The van der Waals surface area contributed by atoms with Crippen molar-refractivity contribution in [1.29, 1.82) is 0 Å². The molecule has 4 nitrogen and oxygen atoms in total. The van der Waals surface area contributed by atoms with Crippen molar-refractivity contribution < 1.29 is 14.7 Å². The first-order valence-electron chi connectivity index (χ1n) is 9.49. The highest BCUT2D eigenvalue weighted by Crippen LogP contribution is 2.65. The Kier molecular flexibility index (Phi) is 3.51. The summed E-state index contributed by atoms with van der Waals surface area (Å²) in [5, 5.41) is 10.5. The Morgan fingerprint density at radius 3 is 2.67 bits per heavy atom. The summed E-state index contributed by atoms with van der Waals surface area (Å²) < 4.78 is 0. The second kappa shape index (κ2) is 5.17. The van der Waals surface area contributed by atoms with Crippen LogP contribution in [0.3, 0.4) is 0 Å². The minimum atomic E-state index is -0.653. The SMILES string of the molecule is C[C@]12CC[C@H]3[C@@H](CCC4=CC(=O)C(C(N)=O)C[C@@]43C)[C@@H]1CC[C@@H]2O. The maximum absolute atomic E-state index is 12.3. The lowest BCUT2D eigenvalue weighted by atomic mass is 9.46. The number of nitrogens with two attached hydrogens (primary N) is 1. The smallest absolute Gasteiger partial charge is 0.228 e. The largest absolute Gasteiger partial charge is 0.393 e. The van der Waals surface area contributed by atoms with Gasteiger partial charge >= 0.3 is 0 Å². The summed E-state index contributed by atoms with van der Waals surface area (Å²) >= 11 is 0. The van der Waals surface area contributed by atoms with Crippen molar-refractivity contribution in [2.24, 2.45) is 40.2 Å². The van der Waals surface area contributed by atoms with E-state index in [0.29, 0.717) is 24.2 Å². The summed E-state index contributed by atoms with van der Waals surface area (Å²) in [6, 6.07) is 0. The predicted molar refractivity (Wildman–Crippen MR) is 90.8 cm³/mol. The van der Waals surface area contributed by atoms with Crippen molar-refractivity contribution in [1.82, 2.24) is 0 Å². The van der Waals surface area contributed by atoms with Crippen LogP contribution in [0.1, 0.15) is 58.8 Å². The number of rotatable bonds is 1. The molecule has 4 aliphatic rings. The average Bonchev–Trinajstić information content (AvgIpc) is 2.83. The number of carbonyl (C=O) groups is 2. The molecule has 0 radical (unpaired) electrons. The maximum Gasteiger partial charge on any atom is 0.228 e. The zero-order valence-corrected chi connectivity index (χ0v) is 14.8. The second-order valence-corrected chi connectivity index (χ2v) is 9.20. The van der Waals surface area contributed by atoms with Crippen molar-refractivity contribution >= 4 is 11.7 Å². The molecular weight excluding hydrogens is 302 g/mol. The van der Waals surface area contributed by atoms with Crippen LogP contribution in [0.4, 0.5) is 0 Å². The zero-order chi connectivity index (χ0) is 17.3. The van der Waals surface area contributed by atoms with Gasteiger partial charge in [0, 0.05) is 0 Å². The molecule has 132 valence electrons. The summed E-state index contributed by atoms with van der Waals surface area (Å²) in [5.41, 5.74) is 6.74. The first-order chi connectivity index (χ1) is 11.3. The molecule has 4 aliphatic carbocycles. The normalized spacial score (nSPS) is 50.5. The Morgan fingerprint density at radius 2 is 1.96 bits per heavy atom. The first-order valence-corrected chi connectivity index (χ1v) is 9.49. The van der Waals surface area contributed by atoms with Gasteiger partial charge in [0.1, 0.15) is 5.92 Å². The van der Waals surface area contributed by atoms with Gasteiger partial charge in [-0.1, -0.05) is 19.4 Å². The highest BCUT2D eigenvalue weighted by molar-refractivity contribution is 6.07. The van der Waals surface area contributed by atoms with Crippen LogP contribution in [0.15, 0.2) is 11.6 Å². The van der Waals surface area contributed by atoms with Gasteiger partial charge in [0.05, 0.1) is 6.10 Å². The molecule has 0 spiro atoms. The van der Waals surface area contributed by atoms with Crippen LogP contribution < -0.4 is 5.73 Å². The summed E-state index contributed by atoms with van der Waals surface area (Å²) in [6.45, 7) is 4.53. The van der Waals surface area contributed by atoms with Gasteiger partial charge in [0.25, 0.3) is 0 Å². The first kappa shape index (κ1) is 16.3. The Balaban J connectivity index is 1.69. The van der Waals surface area contributed by atoms with E-state index in [4.69, 9.17) is 5.73 Å². The Bertz CT molecular complexity index is 626. The molecule has 0 heterocycles. The zero-order valence-electron chi connectivity index (χ0n) is 14.8. The second-order valence-electron chi connectivity index (χ2n) is 9.20. The van der Waals surface area contributed by atoms with Gasteiger partial charge in [-0.2, -0.15) is 0 Å². The number of fused-ring (bicyclic) bond motifs is 5. The van der Waals surface area contributed by atoms with Gasteiger partial charge in [-0.3, -0.25) is 9.59 Å². The van der Waals surface area contributed by atoms with Gasteiger partial charge in [0.15, 0.2) is 5.78 Å². The van der Waals surface area contributed by atoms with E-state index in [-0.39, 0.29) is 22.7 Å². The third-order valence-corrected chi connectivity index (χ3v) is 8.32. The Morgan fingerprint density at radius 1 is 1.21 bits per heavy atom. The predicted octanol–water partition coefficient (Wildman–Crippen LogP) is 2.59. The van der Waals surface area contributed by atoms with Crippen molar-refractivity contribution in [3.05, 3.63) is 11.6 Å². The molecule has 0 bridgehead atoms. The highest BCUT2D eigenvalue weighted by atomic mass is 16.3. The number of primary amides is 1. The van der Waals surface area contributed by atoms with E-state index in [1.54, 1.807) is 6.08 Å². The summed E-state index contributed by atoms with van der Waals surface area (Å²) in [7, 11) is 0. The molecule has 4 heteroatoms. The molecule has 24 heavy (non-hydrogen) atoms. The summed E-state index contributed by atoms with van der Waals surface area (Å²) in [6.07, 6.45) is 8.41. The molecule has 1 amide bonds. The summed E-state index contributed by atoms with van der Waals surface area (Å²) in [5.74, 6) is 0.468. The van der Waals surface area contributed by atoms with E-state index in [0.717, 1.165) is 38.5 Å². The van der Waals surface area contributed by atoms with Crippen LogP contribution in [-0.4, -0.2) is 22.9 Å². The van der Waals surface area contributed by atoms with E-state index < -0.39 is 11.8 Å². The van der Waals surface area contributed by atoms with Gasteiger partial charge in [0.2, 0.25) is 5.91 Å². The Labute approximate surface area is 143 Å². The lowest BCUT2D eigenvalue weighted by Crippen LogP contribution is -2.53. The standard InChI is InChI=1S/C20H29NO3/c1-19-8-7-15-12(14(19)5-6-17(19)23)4-3-11-9-16(22)13(18(21)24)10-20(11,15)2/h9,12-15,17,23H,3-8,10H2,1-2H3,(H2,21,24)/t12-,13?,14-,15-,17-,19-,20-/m0/s1. The Hall–Kier alpha value is -1.16. The topological polar surface area (TPSA) is 80.4 Å². The minimum absolute atomic E-state index is 0.0618. The summed E-state index contributed by atoms with van der Waals surface area (Å²) in [4.78, 5) is 24.0. The van der Waals surface area contributed by atoms with Crippen LogP contribution in [-0.2, 0) is 9.59 Å². The van der Waals surface area contributed by atoms with Gasteiger partial charge in [-0.05, 0) is 79.6 Å². The van der Waals surface area contributed by atoms with Gasteiger partial charge in [-0.15, -0.1) is 0 Å². The van der Waals surface area contributed by atoms with E-state index in [9.17, 15) is 14.7 Å². The molecule has 3 fully saturated rings. The van der Waals surface area contributed by atoms with Crippen molar-refractivity contribution in [3.8, 4) is 0 Å². The van der Waals surface area contributed by atoms with Gasteiger partial charge in [-0.25, -0.2) is 0 Å². The molecular formula is C20H29NO3. The number of hydrogen-bond acceptors (Lipinski definition) is 3. The third-order valence-electron chi connectivity index (χ3n) is 8.32. The van der Waals surface area contributed by atoms with Crippen LogP contribution in [0, 0.1) is 34.5 Å². The van der Waals surface area contributed by atoms with Crippen molar-refractivity contribution in [2.75, 3.05) is 0 Å². The van der Waals surface area contributed by atoms with E-state index in [1.165, 1.54) is 5.57 Å². The number of aliphatic hydroxyl groups excluding tert-OH is 1.